The highest BCUT2D eigenvalue weighted by Crippen LogP contribution is 2.28. The lowest BCUT2D eigenvalue weighted by Gasteiger charge is -2.07. The zero-order valence-corrected chi connectivity index (χ0v) is 11.5. The van der Waals surface area contributed by atoms with Gasteiger partial charge in [0.15, 0.2) is 5.16 Å². The molecule has 90 valence electrons. The van der Waals surface area contributed by atoms with Crippen LogP contribution in [0.3, 0.4) is 0 Å². The molecule has 0 spiro atoms. The van der Waals surface area contributed by atoms with Gasteiger partial charge in [-0.25, -0.2) is 9.97 Å². The Bertz CT molecular complexity index is 437. The molecule has 2 aromatic heterocycles. The largest absolute Gasteiger partial charge is 0.310 e. The maximum atomic E-state index is 4.35. The summed E-state index contributed by atoms with van der Waals surface area (Å²) in [6.07, 6.45) is 3.77. The van der Waals surface area contributed by atoms with Gasteiger partial charge in [0.25, 0.3) is 0 Å². The maximum Gasteiger partial charge on any atom is 0.193 e. The summed E-state index contributed by atoms with van der Waals surface area (Å²) in [5.74, 6) is 0. The first-order valence-electron chi connectivity index (χ1n) is 5.49. The lowest BCUT2D eigenvalue weighted by Crippen LogP contribution is -2.21. The molecular formula is C12H15N3S2. The fourth-order valence-electron chi connectivity index (χ4n) is 1.22. The van der Waals surface area contributed by atoms with Crippen LogP contribution in [0.1, 0.15) is 19.4 Å². The Kier molecular flexibility index (Phi) is 4.53. The molecule has 2 heterocycles. The van der Waals surface area contributed by atoms with Gasteiger partial charge < -0.3 is 5.32 Å². The van der Waals surface area contributed by atoms with Crippen LogP contribution in [-0.4, -0.2) is 16.0 Å². The van der Waals surface area contributed by atoms with E-state index in [9.17, 15) is 0 Å². The minimum atomic E-state index is 0.482. The molecule has 1 N–H and O–H groups in total. The second-order valence-corrected chi connectivity index (χ2v) is 6.16. The molecule has 0 aliphatic heterocycles. The van der Waals surface area contributed by atoms with E-state index in [4.69, 9.17) is 0 Å². The minimum Gasteiger partial charge on any atom is -0.310 e. The summed E-state index contributed by atoms with van der Waals surface area (Å²) in [7, 11) is 0. The normalized spacial score (nSPS) is 11.0. The van der Waals surface area contributed by atoms with Crippen molar-refractivity contribution < 1.29 is 0 Å². The molecule has 0 radical (unpaired) electrons. The van der Waals surface area contributed by atoms with Crippen molar-refractivity contribution in [3.8, 4) is 0 Å². The molecule has 0 aromatic carbocycles. The number of nitrogens with zero attached hydrogens (tertiary/aromatic N) is 2. The van der Waals surface area contributed by atoms with E-state index >= 15 is 0 Å². The summed E-state index contributed by atoms with van der Waals surface area (Å²) in [4.78, 5) is 8.70. The lowest BCUT2D eigenvalue weighted by molar-refractivity contribution is 0.585. The molecule has 3 nitrogen and oxygen atoms in total. The fourth-order valence-corrected chi connectivity index (χ4v) is 2.79. The first-order valence-corrected chi connectivity index (χ1v) is 7.19. The Morgan fingerprint density at radius 3 is 2.71 bits per heavy atom. The highest BCUT2D eigenvalue weighted by molar-refractivity contribution is 8.01. The van der Waals surface area contributed by atoms with Crippen LogP contribution < -0.4 is 5.32 Å². The van der Waals surface area contributed by atoms with Crippen molar-refractivity contribution in [2.75, 3.05) is 0 Å². The Hall–Kier alpha value is -0.910. The van der Waals surface area contributed by atoms with Gasteiger partial charge >= 0.3 is 0 Å². The highest BCUT2D eigenvalue weighted by atomic mass is 32.2. The van der Waals surface area contributed by atoms with Gasteiger partial charge in [-0.2, -0.15) is 0 Å². The predicted molar refractivity (Wildman–Crippen MR) is 72.4 cm³/mol. The van der Waals surface area contributed by atoms with Crippen molar-refractivity contribution in [1.29, 1.82) is 0 Å². The molecule has 0 atom stereocenters. The number of hydrogen-bond donors (Lipinski definition) is 1. The van der Waals surface area contributed by atoms with E-state index in [2.05, 4.69) is 40.6 Å². The summed E-state index contributed by atoms with van der Waals surface area (Å²) in [6.45, 7) is 5.07. The number of hydrogen-bond acceptors (Lipinski definition) is 5. The first-order chi connectivity index (χ1) is 8.24. The molecule has 17 heavy (non-hydrogen) atoms. The van der Waals surface area contributed by atoms with Crippen molar-refractivity contribution in [1.82, 2.24) is 15.3 Å². The molecule has 0 saturated heterocycles. The van der Waals surface area contributed by atoms with Gasteiger partial charge in [-0.15, -0.1) is 11.3 Å². The highest BCUT2D eigenvalue weighted by Gasteiger charge is 2.02. The SMILES string of the molecule is CC(C)NCc1cnc(Sc2cccs2)nc1. The number of rotatable bonds is 5. The third-order valence-electron chi connectivity index (χ3n) is 2.08. The molecule has 0 fully saturated rings. The van der Waals surface area contributed by atoms with Gasteiger partial charge in [-0.05, 0) is 23.2 Å². The van der Waals surface area contributed by atoms with Crippen LogP contribution in [0.15, 0.2) is 39.3 Å². The molecule has 0 aliphatic rings. The van der Waals surface area contributed by atoms with Gasteiger partial charge in [0.05, 0.1) is 4.21 Å². The number of aromatic nitrogens is 2. The Morgan fingerprint density at radius 2 is 2.12 bits per heavy atom. The average molecular weight is 265 g/mol. The molecule has 0 bridgehead atoms. The Balaban J connectivity index is 1.93. The van der Waals surface area contributed by atoms with E-state index in [0.29, 0.717) is 6.04 Å². The Labute approximate surface area is 110 Å². The van der Waals surface area contributed by atoms with Crippen LogP contribution in [0.2, 0.25) is 0 Å². The van der Waals surface area contributed by atoms with E-state index in [-0.39, 0.29) is 0 Å². The second-order valence-electron chi connectivity index (χ2n) is 3.94. The summed E-state index contributed by atoms with van der Waals surface area (Å²) < 4.78 is 1.22. The molecular weight excluding hydrogens is 250 g/mol. The van der Waals surface area contributed by atoms with E-state index in [0.717, 1.165) is 17.3 Å². The molecule has 0 amide bonds. The third kappa shape index (κ3) is 4.11. The summed E-state index contributed by atoms with van der Waals surface area (Å²) in [5.41, 5.74) is 1.12. The van der Waals surface area contributed by atoms with Crippen molar-refractivity contribution >= 4 is 23.1 Å². The fraction of sp³-hybridized carbons (Fsp3) is 0.333. The second kappa shape index (κ2) is 6.14. The van der Waals surface area contributed by atoms with Gasteiger partial charge in [-0.1, -0.05) is 19.9 Å². The standard InChI is InChI=1S/C12H15N3S2/c1-9(2)13-6-10-7-14-12(15-8-10)17-11-4-3-5-16-11/h3-5,7-9,13H,6H2,1-2H3. The summed E-state index contributed by atoms with van der Waals surface area (Å²) in [5, 5.41) is 6.21. The summed E-state index contributed by atoms with van der Waals surface area (Å²) >= 11 is 3.31. The molecule has 0 aliphatic carbocycles. The lowest BCUT2D eigenvalue weighted by atomic mass is 10.3. The minimum absolute atomic E-state index is 0.482. The number of nitrogens with one attached hydrogen (secondary N) is 1. The van der Waals surface area contributed by atoms with Gasteiger partial charge in [0.1, 0.15) is 0 Å². The quantitative estimate of drug-likeness (QED) is 0.843. The van der Waals surface area contributed by atoms with E-state index in [1.165, 1.54) is 4.21 Å². The van der Waals surface area contributed by atoms with Crippen LogP contribution in [0.5, 0.6) is 0 Å². The van der Waals surface area contributed by atoms with Crippen LogP contribution >= 0.6 is 23.1 Å². The van der Waals surface area contributed by atoms with Gasteiger partial charge in [0.2, 0.25) is 0 Å². The molecule has 5 heteroatoms. The van der Waals surface area contributed by atoms with Crippen LogP contribution in [0.25, 0.3) is 0 Å². The van der Waals surface area contributed by atoms with Gasteiger partial charge in [0, 0.05) is 30.5 Å². The van der Waals surface area contributed by atoms with Crippen LogP contribution in [0, 0.1) is 0 Å². The molecule has 0 unspecified atom stereocenters. The van der Waals surface area contributed by atoms with Crippen molar-refractivity contribution in [3.63, 3.8) is 0 Å². The Morgan fingerprint density at radius 1 is 1.35 bits per heavy atom. The van der Waals surface area contributed by atoms with E-state index in [1.54, 1.807) is 23.1 Å². The first kappa shape index (κ1) is 12.5. The number of thiophene rings is 1. The van der Waals surface area contributed by atoms with Crippen LogP contribution in [-0.2, 0) is 6.54 Å². The van der Waals surface area contributed by atoms with Crippen molar-refractivity contribution in [3.05, 3.63) is 35.5 Å². The van der Waals surface area contributed by atoms with E-state index in [1.807, 2.05) is 18.5 Å². The third-order valence-corrected chi connectivity index (χ3v) is 4.01. The van der Waals surface area contributed by atoms with E-state index < -0.39 is 0 Å². The van der Waals surface area contributed by atoms with Gasteiger partial charge in [-0.3, -0.25) is 0 Å². The van der Waals surface area contributed by atoms with Crippen molar-refractivity contribution in [2.45, 2.75) is 35.8 Å². The molecule has 2 rings (SSSR count). The average Bonchev–Trinajstić information content (AvgIpc) is 2.81. The zero-order chi connectivity index (χ0) is 12.1. The zero-order valence-electron chi connectivity index (χ0n) is 9.88. The topological polar surface area (TPSA) is 37.8 Å². The molecule has 2 aromatic rings. The predicted octanol–water partition coefficient (Wildman–Crippen LogP) is 3.19. The summed E-state index contributed by atoms with van der Waals surface area (Å²) in [6, 6.07) is 4.59. The molecule has 0 saturated carbocycles. The smallest absolute Gasteiger partial charge is 0.193 e. The maximum absolute atomic E-state index is 4.35. The van der Waals surface area contributed by atoms with Crippen molar-refractivity contribution in [2.24, 2.45) is 0 Å². The monoisotopic (exact) mass is 265 g/mol. The van der Waals surface area contributed by atoms with Crippen LogP contribution in [0.4, 0.5) is 0 Å².